The SMILES string of the molecule is CC(C)(CNc1ccccc1)NC([NH])=O. The number of anilines is 1. The highest BCUT2D eigenvalue weighted by Gasteiger charge is 2.18. The molecule has 1 aromatic rings. The van der Waals surface area contributed by atoms with Gasteiger partial charge in [0.15, 0.2) is 0 Å². The van der Waals surface area contributed by atoms with Gasteiger partial charge in [-0.25, -0.2) is 10.5 Å². The second-order valence-corrected chi connectivity index (χ2v) is 4.06. The minimum atomic E-state index is -0.755. The van der Waals surface area contributed by atoms with Crippen LogP contribution in [-0.4, -0.2) is 18.1 Å². The molecule has 0 aromatic heterocycles. The van der Waals surface area contributed by atoms with E-state index in [2.05, 4.69) is 10.6 Å². The van der Waals surface area contributed by atoms with Crippen molar-refractivity contribution < 1.29 is 4.79 Å². The summed E-state index contributed by atoms with van der Waals surface area (Å²) < 4.78 is 0. The maximum Gasteiger partial charge on any atom is 0.334 e. The predicted octanol–water partition coefficient (Wildman–Crippen LogP) is 1.87. The summed E-state index contributed by atoms with van der Waals surface area (Å²) in [5.41, 5.74) is 7.42. The van der Waals surface area contributed by atoms with Crippen LogP contribution in [0.4, 0.5) is 10.5 Å². The lowest BCUT2D eigenvalue weighted by atomic mass is 10.1. The van der Waals surface area contributed by atoms with Crippen LogP contribution in [0.15, 0.2) is 30.3 Å². The van der Waals surface area contributed by atoms with Crippen molar-refractivity contribution in [2.24, 2.45) is 0 Å². The summed E-state index contributed by atoms with van der Waals surface area (Å²) in [4.78, 5) is 10.6. The van der Waals surface area contributed by atoms with E-state index in [4.69, 9.17) is 5.73 Å². The summed E-state index contributed by atoms with van der Waals surface area (Å²) in [7, 11) is 0. The Labute approximate surface area is 89.9 Å². The van der Waals surface area contributed by atoms with Crippen LogP contribution in [0, 0.1) is 0 Å². The lowest BCUT2D eigenvalue weighted by Gasteiger charge is -2.25. The molecule has 0 aliphatic heterocycles. The first-order valence-electron chi connectivity index (χ1n) is 4.82. The molecular weight excluding hydrogens is 190 g/mol. The molecule has 4 heteroatoms. The van der Waals surface area contributed by atoms with Crippen molar-refractivity contribution in [3.63, 3.8) is 0 Å². The van der Waals surface area contributed by atoms with Gasteiger partial charge in [-0.15, -0.1) is 0 Å². The molecule has 0 saturated carbocycles. The van der Waals surface area contributed by atoms with E-state index in [9.17, 15) is 4.79 Å². The van der Waals surface area contributed by atoms with Gasteiger partial charge in [0.2, 0.25) is 0 Å². The third-order valence-electron chi connectivity index (χ3n) is 1.96. The Kier molecular flexibility index (Phi) is 3.55. The molecule has 2 amide bonds. The number of carbonyl (C=O) groups excluding carboxylic acids is 1. The van der Waals surface area contributed by atoms with Gasteiger partial charge in [0.05, 0.1) is 5.54 Å². The maximum atomic E-state index is 10.6. The second kappa shape index (κ2) is 4.68. The van der Waals surface area contributed by atoms with E-state index >= 15 is 0 Å². The Morgan fingerprint density at radius 3 is 2.47 bits per heavy atom. The average molecular weight is 206 g/mol. The standard InChI is InChI=1S/C11H16N3O/c1-11(2,14-10(12)15)8-13-9-6-4-3-5-7-9/h3-7,12-13H,8H2,1-2H3,(H,14,15). The first-order chi connectivity index (χ1) is 6.99. The number of carbonyl (C=O) groups is 1. The first kappa shape index (κ1) is 11.4. The Morgan fingerprint density at radius 2 is 1.93 bits per heavy atom. The predicted molar refractivity (Wildman–Crippen MR) is 60.6 cm³/mol. The van der Waals surface area contributed by atoms with Gasteiger partial charge in [-0.1, -0.05) is 18.2 Å². The number of amides is 2. The molecule has 15 heavy (non-hydrogen) atoms. The van der Waals surface area contributed by atoms with Crippen LogP contribution < -0.4 is 16.4 Å². The van der Waals surface area contributed by atoms with Gasteiger partial charge in [0.1, 0.15) is 0 Å². The number of hydrogen-bond acceptors (Lipinski definition) is 2. The lowest BCUT2D eigenvalue weighted by Crippen LogP contribution is -2.48. The highest BCUT2D eigenvalue weighted by atomic mass is 16.2. The molecular formula is C11H16N3O. The van der Waals surface area contributed by atoms with Gasteiger partial charge >= 0.3 is 6.03 Å². The monoisotopic (exact) mass is 206 g/mol. The molecule has 0 atom stereocenters. The van der Waals surface area contributed by atoms with Gasteiger partial charge < -0.3 is 10.6 Å². The van der Waals surface area contributed by atoms with E-state index in [0.717, 1.165) is 5.69 Å². The van der Waals surface area contributed by atoms with Crippen LogP contribution in [0.1, 0.15) is 13.8 Å². The molecule has 1 radical (unpaired) electrons. The van der Waals surface area contributed by atoms with Crippen LogP contribution in [0.25, 0.3) is 0 Å². The van der Waals surface area contributed by atoms with E-state index in [1.165, 1.54) is 0 Å². The summed E-state index contributed by atoms with van der Waals surface area (Å²) in [6.45, 7) is 4.33. The third kappa shape index (κ3) is 4.35. The maximum absolute atomic E-state index is 10.6. The number of urea groups is 1. The summed E-state index contributed by atoms with van der Waals surface area (Å²) >= 11 is 0. The molecule has 4 nitrogen and oxygen atoms in total. The molecule has 1 rings (SSSR count). The Morgan fingerprint density at radius 1 is 1.33 bits per heavy atom. The Balaban J connectivity index is 2.46. The number of hydrogen-bond donors (Lipinski definition) is 2. The zero-order valence-corrected chi connectivity index (χ0v) is 9.00. The summed E-state index contributed by atoms with van der Waals surface area (Å²) in [6, 6.07) is 8.99. The van der Waals surface area contributed by atoms with E-state index in [-0.39, 0.29) is 0 Å². The van der Waals surface area contributed by atoms with Crippen molar-refractivity contribution in [2.45, 2.75) is 19.4 Å². The zero-order chi connectivity index (χ0) is 11.3. The third-order valence-corrected chi connectivity index (χ3v) is 1.96. The van der Waals surface area contributed by atoms with Gasteiger partial charge in [-0.3, -0.25) is 0 Å². The molecule has 0 aliphatic rings. The molecule has 81 valence electrons. The van der Waals surface area contributed by atoms with E-state index < -0.39 is 11.6 Å². The molecule has 0 aliphatic carbocycles. The van der Waals surface area contributed by atoms with Crippen molar-refractivity contribution in [2.75, 3.05) is 11.9 Å². The van der Waals surface area contributed by atoms with Crippen molar-refractivity contribution in [1.29, 1.82) is 0 Å². The molecule has 0 fully saturated rings. The van der Waals surface area contributed by atoms with E-state index in [0.29, 0.717) is 6.54 Å². The molecule has 0 saturated heterocycles. The minimum absolute atomic E-state index is 0.422. The number of para-hydroxylation sites is 1. The topological polar surface area (TPSA) is 64.9 Å². The number of rotatable bonds is 4. The largest absolute Gasteiger partial charge is 0.383 e. The Hall–Kier alpha value is -1.71. The van der Waals surface area contributed by atoms with Crippen LogP contribution in [-0.2, 0) is 0 Å². The van der Waals surface area contributed by atoms with E-state index in [1.54, 1.807) is 0 Å². The molecule has 0 spiro atoms. The average Bonchev–Trinajstić information content (AvgIpc) is 2.15. The zero-order valence-electron chi connectivity index (χ0n) is 9.00. The van der Waals surface area contributed by atoms with Crippen molar-refractivity contribution >= 4 is 11.7 Å². The summed E-state index contributed by atoms with van der Waals surface area (Å²) in [6.07, 6.45) is 0. The molecule has 3 N–H and O–H groups in total. The quantitative estimate of drug-likeness (QED) is 0.789. The van der Waals surface area contributed by atoms with Crippen molar-refractivity contribution in [3.05, 3.63) is 30.3 Å². The number of nitrogens with one attached hydrogen (secondary N) is 3. The normalized spacial score (nSPS) is 10.8. The fourth-order valence-corrected chi connectivity index (χ4v) is 1.23. The van der Waals surface area contributed by atoms with Gasteiger partial charge in [0, 0.05) is 12.2 Å². The molecule has 0 unspecified atom stereocenters. The van der Waals surface area contributed by atoms with Crippen molar-refractivity contribution in [3.8, 4) is 0 Å². The summed E-state index contributed by atoms with van der Waals surface area (Å²) in [5.74, 6) is 0. The van der Waals surface area contributed by atoms with Crippen molar-refractivity contribution in [1.82, 2.24) is 11.1 Å². The Bertz CT molecular complexity index is 322. The van der Waals surface area contributed by atoms with Gasteiger partial charge in [-0.05, 0) is 26.0 Å². The first-order valence-corrected chi connectivity index (χ1v) is 4.82. The molecule has 0 bridgehead atoms. The molecule has 1 aromatic carbocycles. The fraction of sp³-hybridized carbons (Fsp3) is 0.364. The molecule has 0 heterocycles. The van der Waals surface area contributed by atoms with Crippen LogP contribution in [0.2, 0.25) is 0 Å². The smallest absolute Gasteiger partial charge is 0.334 e. The van der Waals surface area contributed by atoms with Gasteiger partial charge in [0.25, 0.3) is 0 Å². The fourth-order valence-electron chi connectivity index (χ4n) is 1.23. The second-order valence-electron chi connectivity index (χ2n) is 4.06. The van der Waals surface area contributed by atoms with Crippen LogP contribution >= 0.6 is 0 Å². The lowest BCUT2D eigenvalue weighted by molar-refractivity contribution is 0.238. The van der Waals surface area contributed by atoms with Crippen LogP contribution in [0.5, 0.6) is 0 Å². The summed E-state index contributed by atoms with van der Waals surface area (Å²) in [5, 5.41) is 5.75. The van der Waals surface area contributed by atoms with E-state index in [1.807, 2.05) is 44.2 Å². The highest BCUT2D eigenvalue weighted by Crippen LogP contribution is 2.08. The highest BCUT2D eigenvalue weighted by molar-refractivity contribution is 5.71. The number of benzene rings is 1. The minimum Gasteiger partial charge on any atom is -0.383 e. The van der Waals surface area contributed by atoms with Crippen LogP contribution in [0.3, 0.4) is 0 Å². The van der Waals surface area contributed by atoms with Gasteiger partial charge in [-0.2, -0.15) is 0 Å².